The van der Waals surface area contributed by atoms with Crippen molar-refractivity contribution < 1.29 is 4.52 Å². The molecule has 0 N–H and O–H groups in total. The van der Waals surface area contributed by atoms with E-state index in [1.165, 1.54) is 0 Å². The molecule has 0 aliphatic heterocycles. The summed E-state index contributed by atoms with van der Waals surface area (Å²) in [6, 6.07) is 6.04. The first-order valence-corrected chi connectivity index (χ1v) is 7.84. The van der Waals surface area contributed by atoms with Crippen LogP contribution in [0.1, 0.15) is 5.82 Å². The number of rotatable bonds is 1. The molecule has 3 rings (SSSR count). The van der Waals surface area contributed by atoms with Crippen molar-refractivity contribution in [2.75, 3.05) is 0 Å². The number of hydrogen-bond acceptors (Lipinski definition) is 4. The number of fused-ring (bicyclic) bond motifs is 1. The molecule has 4 nitrogen and oxygen atoms in total. The lowest BCUT2D eigenvalue weighted by Crippen LogP contribution is -1.90. The standard InChI is InChI=1S/C12H6ClI2N3O/c1-5-16-12(19-18-5)8-3-6-2-7(14)4-9(15)10(6)17-11(8)13/h2-4H,1H3. The van der Waals surface area contributed by atoms with E-state index >= 15 is 0 Å². The van der Waals surface area contributed by atoms with Crippen molar-refractivity contribution in [2.24, 2.45) is 0 Å². The number of hydrogen-bond donors (Lipinski definition) is 0. The van der Waals surface area contributed by atoms with Crippen LogP contribution in [0.15, 0.2) is 22.7 Å². The van der Waals surface area contributed by atoms with Crippen LogP contribution in [0.4, 0.5) is 0 Å². The molecule has 0 spiro atoms. The van der Waals surface area contributed by atoms with Gasteiger partial charge in [-0.05, 0) is 70.3 Å². The molecule has 96 valence electrons. The van der Waals surface area contributed by atoms with Crippen molar-refractivity contribution >= 4 is 67.7 Å². The first kappa shape index (κ1) is 13.5. The van der Waals surface area contributed by atoms with Gasteiger partial charge in [-0.25, -0.2) is 4.98 Å². The summed E-state index contributed by atoms with van der Waals surface area (Å²) in [6.07, 6.45) is 0. The van der Waals surface area contributed by atoms with Gasteiger partial charge in [-0.15, -0.1) is 0 Å². The molecule has 0 amide bonds. The Morgan fingerprint density at radius 2 is 1.95 bits per heavy atom. The number of benzene rings is 1. The summed E-state index contributed by atoms with van der Waals surface area (Å²) in [7, 11) is 0. The molecule has 0 aliphatic rings. The Morgan fingerprint density at radius 3 is 2.63 bits per heavy atom. The van der Waals surface area contributed by atoms with Gasteiger partial charge in [0.1, 0.15) is 5.15 Å². The predicted molar refractivity (Wildman–Crippen MR) is 90.2 cm³/mol. The Morgan fingerprint density at radius 1 is 1.16 bits per heavy atom. The zero-order valence-corrected chi connectivity index (χ0v) is 14.7. The van der Waals surface area contributed by atoms with Crippen LogP contribution in [0.25, 0.3) is 22.4 Å². The summed E-state index contributed by atoms with van der Waals surface area (Å²) in [5, 5.41) is 5.15. The number of aromatic nitrogens is 3. The fraction of sp³-hybridized carbons (Fsp3) is 0.0833. The minimum absolute atomic E-state index is 0.371. The summed E-state index contributed by atoms with van der Waals surface area (Å²) in [5.41, 5.74) is 1.54. The maximum Gasteiger partial charge on any atom is 0.261 e. The van der Waals surface area contributed by atoms with Gasteiger partial charge in [-0.1, -0.05) is 16.8 Å². The molecule has 0 radical (unpaired) electrons. The van der Waals surface area contributed by atoms with Gasteiger partial charge in [0.2, 0.25) is 0 Å². The molecule has 0 saturated heterocycles. The summed E-state index contributed by atoms with van der Waals surface area (Å²) < 4.78 is 7.36. The van der Waals surface area contributed by atoms with Crippen LogP contribution in [0.2, 0.25) is 5.15 Å². The van der Waals surface area contributed by atoms with Crippen molar-refractivity contribution in [3.8, 4) is 11.5 Å². The normalized spacial score (nSPS) is 11.2. The van der Waals surface area contributed by atoms with E-state index in [4.69, 9.17) is 16.1 Å². The van der Waals surface area contributed by atoms with Gasteiger partial charge in [0.15, 0.2) is 5.82 Å². The lowest BCUT2D eigenvalue weighted by atomic mass is 10.1. The Labute approximate surface area is 141 Å². The third kappa shape index (κ3) is 2.57. The third-order valence-electron chi connectivity index (χ3n) is 2.55. The van der Waals surface area contributed by atoms with E-state index in [1.807, 2.05) is 12.1 Å². The Bertz CT molecular complexity index is 788. The largest absolute Gasteiger partial charge is 0.334 e. The molecule has 0 fully saturated rings. The van der Waals surface area contributed by atoms with Gasteiger partial charge in [-0.2, -0.15) is 4.98 Å². The summed E-state index contributed by atoms with van der Waals surface area (Å²) in [5.74, 6) is 0.967. The number of pyridine rings is 1. The number of halogens is 3. The van der Waals surface area contributed by atoms with Crippen LogP contribution in [0, 0.1) is 14.1 Å². The molecule has 1 aromatic carbocycles. The molecule has 2 aromatic heterocycles. The van der Waals surface area contributed by atoms with Crippen LogP contribution in [-0.4, -0.2) is 15.1 Å². The van der Waals surface area contributed by atoms with Crippen LogP contribution in [0.3, 0.4) is 0 Å². The monoisotopic (exact) mass is 497 g/mol. The quantitative estimate of drug-likeness (QED) is 0.368. The van der Waals surface area contributed by atoms with Crippen molar-refractivity contribution in [1.82, 2.24) is 15.1 Å². The maximum atomic E-state index is 6.21. The van der Waals surface area contributed by atoms with Crippen molar-refractivity contribution in [3.05, 3.63) is 36.3 Å². The van der Waals surface area contributed by atoms with Crippen molar-refractivity contribution in [2.45, 2.75) is 6.92 Å². The Kier molecular flexibility index (Phi) is 3.65. The SMILES string of the molecule is Cc1noc(-c2cc3cc(I)cc(I)c3nc2Cl)n1. The Balaban J connectivity index is 2.30. The molecule has 0 bridgehead atoms. The molecule has 0 saturated carbocycles. The highest BCUT2D eigenvalue weighted by Crippen LogP contribution is 2.31. The lowest BCUT2D eigenvalue weighted by Gasteiger charge is -2.05. The second kappa shape index (κ2) is 5.13. The zero-order chi connectivity index (χ0) is 13.6. The highest BCUT2D eigenvalue weighted by atomic mass is 127. The van der Waals surface area contributed by atoms with Crippen LogP contribution in [0.5, 0.6) is 0 Å². The van der Waals surface area contributed by atoms with Gasteiger partial charge in [0.05, 0.1) is 11.1 Å². The first-order chi connectivity index (χ1) is 9.04. The molecule has 0 aliphatic carbocycles. The lowest BCUT2D eigenvalue weighted by molar-refractivity contribution is 0.425. The van der Waals surface area contributed by atoms with E-state index in [1.54, 1.807) is 6.92 Å². The van der Waals surface area contributed by atoms with E-state index in [0.717, 1.165) is 18.0 Å². The first-order valence-electron chi connectivity index (χ1n) is 5.30. The van der Waals surface area contributed by atoms with Gasteiger partial charge in [0, 0.05) is 12.5 Å². The second-order valence-electron chi connectivity index (χ2n) is 3.93. The molecule has 19 heavy (non-hydrogen) atoms. The zero-order valence-electron chi connectivity index (χ0n) is 9.62. The number of aryl methyl sites for hydroxylation is 1. The molecule has 7 heteroatoms. The highest BCUT2D eigenvalue weighted by molar-refractivity contribution is 14.1. The molecular formula is C12H6ClI2N3O. The van der Waals surface area contributed by atoms with Crippen LogP contribution >= 0.6 is 56.8 Å². The van der Waals surface area contributed by atoms with Gasteiger partial charge in [0.25, 0.3) is 5.89 Å². The summed E-state index contributed by atoms with van der Waals surface area (Å²) in [6.45, 7) is 1.77. The van der Waals surface area contributed by atoms with Gasteiger partial charge < -0.3 is 4.52 Å². The topological polar surface area (TPSA) is 51.8 Å². The van der Waals surface area contributed by atoms with Gasteiger partial charge >= 0.3 is 0 Å². The Hall–Kier alpha value is -0.480. The second-order valence-corrected chi connectivity index (χ2v) is 6.70. The minimum Gasteiger partial charge on any atom is -0.334 e. The highest BCUT2D eigenvalue weighted by Gasteiger charge is 2.14. The molecule has 0 unspecified atom stereocenters. The van der Waals surface area contributed by atoms with Gasteiger partial charge in [-0.3, -0.25) is 0 Å². The summed E-state index contributed by atoms with van der Waals surface area (Å²) >= 11 is 10.7. The van der Waals surface area contributed by atoms with E-state index in [9.17, 15) is 0 Å². The van der Waals surface area contributed by atoms with E-state index in [-0.39, 0.29) is 0 Å². The maximum absolute atomic E-state index is 6.21. The average molecular weight is 497 g/mol. The van der Waals surface area contributed by atoms with E-state index in [0.29, 0.717) is 22.4 Å². The predicted octanol–water partition coefficient (Wildman–Crippen LogP) is 4.46. The van der Waals surface area contributed by atoms with Crippen LogP contribution < -0.4 is 0 Å². The minimum atomic E-state index is 0.371. The molecule has 0 atom stereocenters. The summed E-state index contributed by atoms with van der Waals surface area (Å²) in [4.78, 5) is 8.62. The molecule has 2 heterocycles. The van der Waals surface area contributed by atoms with Crippen LogP contribution in [-0.2, 0) is 0 Å². The average Bonchev–Trinajstić information content (AvgIpc) is 2.76. The fourth-order valence-electron chi connectivity index (χ4n) is 1.74. The van der Waals surface area contributed by atoms with E-state index < -0.39 is 0 Å². The molecule has 3 aromatic rings. The van der Waals surface area contributed by atoms with E-state index in [2.05, 4.69) is 66.4 Å². The fourth-order valence-corrected chi connectivity index (χ4v) is 3.97. The number of nitrogens with zero attached hydrogens (tertiary/aromatic N) is 3. The smallest absolute Gasteiger partial charge is 0.261 e. The van der Waals surface area contributed by atoms with Crippen molar-refractivity contribution in [3.63, 3.8) is 0 Å². The molecular weight excluding hydrogens is 491 g/mol. The van der Waals surface area contributed by atoms with Crippen molar-refractivity contribution in [1.29, 1.82) is 0 Å². The third-order valence-corrected chi connectivity index (χ3v) is 4.28.